The SMILES string of the molecule is Cc1cc(Nc2ncc(Cl)c(Nc3ccccc3S(=O)(=O)C(C)C)n2)c(OC(C)C)cc1C1=C[C@@H](C2CC2)N(C)[C@H](C2CC2)C1. The Morgan fingerprint density at radius 3 is 2.38 bits per heavy atom. The zero-order valence-corrected chi connectivity index (χ0v) is 28.5. The number of nitrogens with one attached hydrogen (secondary N) is 2. The molecule has 1 aromatic heterocycles. The molecule has 0 unspecified atom stereocenters. The van der Waals surface area contributed by atoms with E-state index >= 15 is 0 Å². The van der Waals surface area contributed by atoms with Gasteiger partial charge in [-0.15, -0.1) is 0 Å². The van der Waals surface area contributed by atoms with Gasteiger partial charge in [0.15, 0.2) is 15.7 Å². The number of halogens is 1. The number of rotatable bonds is 11. The van der Waals surface area contributed by atoms with Crippen LogP contribution in [0.5, 0.6) is 5.75 Å². The Hall–Kier alpha value is -3.14. The van der Waals surface area contributed by atoms with Crippen LogP contribution in [0.15, 0.2) is 53.6 Å². The van der Waals surface area contributed by atoms with Gasteiger partial charge in [-0.1, -0.05) is 29.8 Å². The third-order valence-electron chi connectivity index (χ3n) is 9.16. The summed E-state index contributed by atoms with van der Waals surface area (Å²) in [6, 6.07) is 12.1. The summed E-state index contributed by atoms with van der Waals surface area (Å²) in [5.74, 6) is 2.91. The van der Waals surface area contributed by atoms with Crippen LogP contribution in [0.1, 0.15) is 70.9 Å². The highest BCUT2D eigenvalue weighted by Crippen LogP contribution is 2.48. The summed E-state index contributed by atoms with van der Waals surface area (Å²) < 4.78 is 32.4. The molecule has 2 atom stereocenters. The highest BCUT2D eigenvalue weighted by Gasteiger charge is 2.43. The molecule has 10 heteroatoms. The molecule has 2 aliphatic carbocycles. The van der Waals surface area contributed by atoms with E-state index in [0.29, 0.717) is 29.5 Å². The van der Waals surface area contributed by atoms with Crippen molar-refractivity contribution in [2.45, 2.75) is 95.1 Å². The van der Waals surface area contributed by atoms with Crippen LogP contribution in [0.25, 0.3) is 5.57 Å². The molecule has 8 nitrogen and oxygen atoms in total. The summed E-state index contributed by atoms with van der Waals surface area (Å²) in [7, 11) is -1.21. The minimum Gasteiger partial charge on any atom is -0.489 e. The fourth-order valence-electron chi connectivity index (χ4n) is 6.39. The number of hydrogen-bond acceptors (Lipinski definition) is 8. The molecule has 2 fully saturated rings. The molecule has 0 radical (unpaired) electrons. The number of para-hydroxylation sites is 1. The topological polar surface area (TPSA) is 96.5 Å². The lowest BCUT2D eigenvalue weighted by molar-refractivity contribution is 0.160. The van der Waals surface area contributed by atoms with Crippen LogP contribution < -0.4 is 15.4 Å². The quantitative estimate of drug-likeness (QED) is 0.215. The van der Waals surface area contributed by atoms with Crippen LogP contribution in [0.2, 0.25) is 5.02 Å². The fourth-order valence-corrected chi connectivity index (χ4v) is 7.73. The van der Waals surface area contributed by atoms with Crippen LogP contribution in [0, 0.1) is 18.8 Å². The first-order chi connectivity index (χ1) is 21.4. The number of nitrogens with zero attached hydrogens (tertiary/aromatic N) is 3. The lowest BCUT2D eigenvalue weighted by Crippen LogP contribution is -2.44. The highest BCUT2D eigenvalue weighted by atomic mass is 35.5. The summed E-state index contributed by atoms with van der Waals surface area (Å²) in [5, 5.41) is 6.18. The molecule has 0 saturated heterocycles. The molecule has 0 bridgehead atoms. The van der Waals surface area contributed by atoms with Crippen LogP contribution in [0.4, 0.5) is 23.1 Å². The van der Waals surface area contributed by atoms with Crippen molar-refractivity contribution in [2.24, 2.45) is 11.8 Å². The summed E-state index contributed by atoms with van der Waals surface area (Å²) in [4.78, 5) is 11.9. The van der Waals surface area contributed by atoms with Crippen molar-refractivity contribution in [1.82, 2.24) is 14.9 Å². The van der Waals surface area contributed by atoms with Gasteiger partial charge in [-0.05, 0) is 127 Å². The Labute approximate surface area is 272 Å². The van der Waals surface area contributed by atoms with Crippen molar-refractivity contribution in [3.63, 3.8) is 0 Å². The van der Waals surface area contributed by atoms with Crippen molar-refractivity contribution in [3.05, 3.63) is 64.8 Å². The summed E-state index contributed by atoms with van der Waals surface area (Å²) >= 11 is 6.50. The molecule has 1 aliphatic heterocycles. The van der Waals surface area contributed by atoms with Crippen LogP contribution >= 0.6 is 11.6 Å². The van der Waals surface area contributed by atoms with E-state index in [1.807, 2.05) is 13.8 Å². The Bertz CT molecular complexity index is 1720. The fraction of sp³-hybridized carbons (Fsp3) is 0.486. The third kappa shape index (κ3) is 6.86. The number of aryl methyl sites for hydroxylation is 1. The predicted molar refractivity (Wildman–Crippen MR) is 183 cm³/mol. The number of likely N-dealkylation sites (N-methyl/N-ethyl adjacent to an activating group) is 1. The minimum absolute atomic E-state index is 0.0335. The number of benzene rings is 2. The monoisotopic (exact) mass is 649 g/mol. The molecule has 2 saturated carbocycles. The standard InChI is InChI=1S/C35H44ClN5O3S/c1-20(2)44-32-18-26(25-16-30(23-11-12-23)41(6)31(17-25)24-13-14-24)22(5)15-29(32)39-35-37-19-27(36)34(40-35)38-28-9-7-8-10-33(28)45(42,43)21(3)4/h7-10,15-16,18-21,23-24,30-31H,11-14,17H2,1-6H3,(H2,37,38,39,40)/t30-,31-/m0/s1. The van der Waals surface area contributed by atoms with Crippen molar-refractivity contribution < 1.29 is 13.2 Å². The van der Waals surface area contributed by atoms with Crippen molar-refractivity contribution in [2.75, 3.05) is 17.7 Å². The molecule has 2 N–H and O–H groups in total. The van der Waals surface area contributed by atoms with Gasteiger partial charge < -0.3 is 15.4 Å². The van der Waals surface area contributed by atoms with E-state index in [-0.39, 0.29) is 16.0 Å². The molecule has 6 rings (SSSR count). The van der Waals surface area contributed by atoms with Crippen LogP contribution in [-0.2, 0) is 9.84 Å². The molecular weight excluding hydrogens is 606 g/mol. The molecule has 2 aromatic carbocycles. The Morgan fingerprint density at radius 1 is 1.00 bits per heavy atom. The van der Waals surface area contributed by atoms with Gasteiger partial charge in [-0.2, -0.15) is 4.98 Å². The summed E-state index contributed by atoms with van der Waals surface area (Å²) in [5.41, 5.74) is 4.98. The first kappa shape index (κ1) is 31.8. The average molecular weight is 650 g/mol. The number of ether oxygens (including phenoxy) is 1. The lowest BCUT2D eigenvalue weighted by Gasteiger charge is -2.39. The Balaban J connectivity index is 1.31. The van der Waals surface area contributed by atoms with Gasteiger partial charge in [-0.3, -0.25) is 4.90 Å². The van der Waals surface area contributed by atoms with E-state index in [9.17, 15) is 8.42 Å². The third-order valence-corrected chi connectivity index (χ3v) is 11.6. The van der Waals surface area contributed by atoms with Crippen LogP contribution in [0.3, 0.4) is 0 Å². The van der Waals surface area contributed by atoms with Gasteiger partial charge in [0, 0.05) is 12.1 Å². The van der Waals surface area contributed by atoms with Gasteiger partial charge in [0.1, 0.15) is 10.8 Å². The minimum atomic E-state index is -3.54. The maximum Gasteiger partial charge on any atom is 0.229 e. The van der Waals surface area contributed by atoms with Crippen LogP contribution in [-0.4, -0.2) is 53.8 Å². The zero-order valence-electron chi connectivity index (χ0n) is 27.0. The number of anilines is 4. The first-order valence-corrected chi connectivity index (χ1v) is 18.0. The van der Waals surface area contributed by atoms with Gasteiger partial charge in [-0.25, -0.2) is 13.4 Å². The maximum atomic E-state index is 13.0. The van der Waals surface area contributed by atoms with E-state index in [1.165, 1.54) is 43.0 Å². The van der Waals surface area contributed by atoms with Gasteiger partial charge in [0.2, 0.25) is 5.95 Å². The summed E-state index contributed by atoms with van der Waals surface area (Å²) in [6.45, 7) is 9.52. The predicted octanol–water partition coefficient (Wildman–Crippen LogP) is 8.17. The normalized spacial score (nSPS) is 20.8. The van der Waals surface area contributed by atoms with Gasteiger partial charge >= 0.3 is 0 Å². The molecule has 3 aliphatic rings. The molecule has 2 heterocycles. The van der Waals surface area contributed by atoms with E-state index in [1.54, 1.807) is 38.1 Å². The van der Waals surface area contributed by atoms with Gasteiger partial charge in [0.05, 0.1) is 33.8 Å². The smallest absolute Gasteiger partial charge is 0.229 e. The molecule has 0 amide bonds. The number of sulfone groups is 1. The second kappa shape index (κ2) is 12.6. The molecule has 45 heavy (non-hydrogen) atoms. The van der Waals surface area contributed by atoms with Crippen molar-refractivity contribution in [3.8, 4) is 5.75 Å². The maximum absolute atomic E-state index is 13.0. The average Bonchev–Trinajstić information content (AvgIpc) is 3.90. The second-order valence-electron chi connectivity index (χ2n) is 13.4. The molecular formula is C35H44ClN5O3S. The summed E-state index contributed by atoms with van der Waals surface area (Å²) in [6.07, 6.45) is 10.3. The van der Waals surface area contributed by atoms with Crippen molar-refractivity contribution in [1.29, 1.82) is 0 Å². The molecule has 240 valence electrons. The van der Waals surface area contributed by atoms with E-state index in [0.717, 1.165) is 35.3 Å². The first-order valence-electron chi connectivity index (χ1n) is 16.1. The second-order valence-corrected chi connectivity index (χ2v) is 16.2. The van der Waals surface area contributed by atoms with E-state index in [4.69, 9.17) is 16.3 Å². The molecule has 0 spiro atoms. The number of hydrogen-bond donors (Lipinski definition) is 2. The lowest BCUT2D eigenvalue weighted by atomic mass is 9.85. The molecule has 3 aromatic rings. The largest absolute Gasteiger partial charge is 0.489 e. The number of aromatic nitrogens is 2. The Kier molecular flexibility index (Phi) is 8.89. The van der Waals surface area contributed by atoms with E-state index < -0.39 is 15.1 Å². The highest BCUT2D eigenvalue weighted by molar-refractivity contribution is 7.92. The van der Waals surface area contributed by atoms with Crippen molar-refractivity contribution >= 4 is 50.2 Å². The van der Waals surface area contributed by atoms with Gasteiger partial charge in [0.25, 0.3) is 0 Å². The zero-order chi connectivity index (χ0) is 32.0. The van der Waals surface area contributed by atoms with E-state index in [2.05, 4.69) is 57.7 Å². The Morgan fingerprint density at radius 2 is 1.71 bits per heavy atom.